The third-order valence-electron chi connectivity index (χ3n) is 5.41. The van der Waals surface area contributed by atoms with Gasteiger partial charge in [-0.1, -0.05) is 0 Å². The monoisotopic (exact) mass is 463 g/mol. The van der Waals surface area contributed by atoms with Crippen molar-refractivity contribution in [1.82, 2.24) is 0 Å². The van der Waals surface area contributed by atoms with Gasteiger partial charge in [0.1, 0.15) is 34.8 Å². The summed E-state index contributed by atoms with van der Waals surface area (Å²) in [6.07, 6.45) is 1.44. The number of aliphatic hydroxyl groups excluding tert-OH is 1. The number of ketones is 1. The van der Waals surface area contributed by atoms with Gasteiger partial charge in [0.25, 0.3) is 11.7 Å². The molecule has 34 heavy (non-hydrogen) atoms. The average Bonchev–Trinajstić information content (AvgIpc) is 3.45. The lowest BCUT2D eigenvalue weighted by Gasteiger charge is -2.24. The van der Waals surface area contributed by atoms with Crippen molar-refractivity contribution in [2.75, 3.05) is 19.1 Å². The summed E-state index contributed by atoms with van der Waals surface area (Å²) in [6.45, 7) is 3.83. The number of carbonyl (C=O) groups excluding carboxylic acids is 2. The van der Waals surface area contributed by atoms with E-state index in [2.05, 4.69) is 0 Å². The lowest BCUT2D eigenvalue weighted by atomic mass is 9.98. The van der Waals surface area contributed by atoms with Crippen LogP contribution in [-0.2, 0) is 9.59 Å². The molecule has 3 aromatic rings. The van der Waals surface area contributed by atoms with Gasteiger partial charge in [0.05, 0.1) is 37.7 Å². The van der Waals surface area contributed by atoms with Crippen molar-refractivity contribution >= 4 is 23.1 Å². The van der Waals surface area contributed by atoms with Gasteiger partial charge in [-0.25, -0.2) is 0 Å². The second-order valence-corrected chi connectivity index (χ2v) is 7.91. The summed E-state index contributed by atoms with van der Waals surface area (Å²) >= 11 is 0. The quantitative estimate of drug-likeness (QED) is 0.308. The zero-order valence-electron chi connectivity index (χ0n) is 19.3. The fourth-order valence-corrected chi connectivity index (χ4v) is 3.91. The van der Waals surface area contributed by atoms with Crippen molar-refractivity contribution in [3.63, 3.8) is 0 Å². The van der Waals surface area contributed by atoms with Crippen molar-refractivity contribution in [1.29, 1.82) is 0 Å². The van der Waals surface area contributed by atoms with Gasteiger partial charge in [-0.3, -0.25) is 14.5 Å². The van der Waals surface area contributed by atoms with E-state index in [-0.39, 0.29) is 28.7 Å². The summed E-state index contributed by atoms with van der Waals surface area (Å²) in [5, 5.41) is 11.3. The highest BCUT2D eigenvalue weighted by Crippen LogP contribution is 2.44. The van der Waals surface area contributed by atoms with Crippen LogP contribution in [0.15, 0.2) is 70.9 Å². The summed E-state index contributed by atoms with van der Waals surface area (Å²) in [5.41, 5.74) is 0.602. The Morgan fingerprint density at radius 1 is 1.00 bits per heavy atom. The molecule has 8 heteroatoms. The zero-order chi connectivity index (χ0) is 24.4. The second-order valence-electron chi connectivity index (χ2n) is 7.91. The summed E-state index contributed by atoms with van der Waals surface area (Å²) in [6, 6.07) is 13.9. The predicted molar refractivity (Wildman–Crippen MR) is 125 cm³/mol. The number of hydrogen-bond donors (Lipinski definition) is 1. The average molecular weight is 463 g/mol. The van der Waals surface area contributed by atoms with E-state index in [1.54, 1.807) is 54.6 Å². The highest BCUT2D eigenvalue weighted by atomic mass is 16.5. The number of hydrogen-bond acceptors (Lipinski definition) is 7. The molecule has 0 saturated carbocycles. The van der Waals surface area contributed by atoms with Gasteiger partial charge in [0.2, 0.25) is 0 Å². The Morgan fingerprint density at radius 2 is 1.71 bits per heavy atom. The molecule has 1 aliphatic heterocycles. The number of nitrogens with zero attached hydrogens (tertiary/aromatic N) is 1. The minimum Gasteiger partial charge on any atom is -0.507 e. The van der Waals surface area contributed by atoms with E-state index in [9.17, 15) is 14.7 Å². The van der Waals surface area contributed by atoms with Crippen LogP contribution in [0, 0.1) is 0 Å². The first kappa shape index (κ1) is 23.0. The van der Waals surface area contributed by atoms with Gasteiger partial charge in [-0.2, -0.15) is 0 Å². The first-order valence-electron chi connectivity index (χ1n) is 10.7. The highest BCUT2D eigenvalue weighted by molar-refractivity contribution is 6.51. The Labute approximate surface area is 197 Å². The molecule has 0 bridgehead atoms. The molecule has 1 aromatic heterocycles. The normalized spacial score (nSPS) is 17.3. The molecule has 1 fully saturated rings. The molecule has 176 valence electrons. The molecule has 4 rings (SSSR count). The van der Waals surface area contributed by atoms with E-state index < -0.39 is 17.7 Å². The highest BCUT2D eigenvalue weighted by Gasteiger charge is 2.48. The number of ether oxygens (including phenoxy) is 3. The molecule has 2 aromatic carbocycles. The third-order valence-corrected chi connectivity index (χ3v) is 5.41. The van der Waals surface area contributed by atoms with Gasteiger partial charge in [-0.05, 0) is 62.4 Å². The second kappa shape index (κ2) is 9.35. The summed E-state index contributed by atoms with van der Waals surface area (Å²) in [4.78, 5) is 27.7. The fourth-order valence-electron chi connectivity index (χ4n) is 3.91. The van der Waals surface area contributed by atoms with Crippen LogP contribution >= 0.6 is 0 Å². The van der Waals surface area contributed by atoms with E-state index >= 15 is 0 Å². The van der Waals surface area contributed by atoms with Crippen LogP contribution in [-0.4, -0.2) is 37.1 Å². The van der Waals surface area contributed by atoms with Crippen LogP contribution in [0.4, 0.5) is 5.69 Å². The van der Waals surface area contributed by atoms with Crippen LogP contribution in [0.5, 0.6) is 17.2 Å². The molecule has 8 nitrogen and oxygen atoms in total. The molecule has 2 heterocycles. The first-order valence-corrected chi connectivity index (χ1v) is 10.7. The number of Topliss-reactive ketones (excluding diaryl/α,β-unsaturated/α-hetero) is 1. The van der Waals surface area contributed by atoms with Gasteiger partial charge in [0.15, 0.2) is 0 Å². The predicted octanol–water partition coefficient (Wildman–Crippen LogP) is 4.71. The minimum absolute atomic E-state index is 0.0114. The number of furan rings is 1. The van der Waals surface area contributed by atoms with E-state index in [4.69, 9.17) is 18.6 Å². The number of methoxy groups -OCH3 is 2. The zero-order valence-corrected chi connectivity index (χ0v) is 19.3. The van der Waals surface area contributed by atoms with Gasteiger partial charge in [-0.15, -0.1) is 0 Å². The van der Waals surface area contributed by atoms with E-state index in [1.165, 1.54) is 25.4 Å². The number of carbonyl (C=O) groups is 2. The van der Waals surface area contributed by atoms with E-state index in [0.717, 1.165) is 0 Å². The Morgan fingerprint density at radius 3 is 2.29 bits per heavy atom. The van der Waals surface area contributed by atoms with Gasteiger partial charge in [0, 0.05) is 11.8 Å². The summed E-state index contributed by atoms with van der Waals surface area (Å²) in [7, 11) is 2.95. The minimum atomic E-state index is -0.973. The van der Waals surface area contributed by atoms with Crippen LogP contribution in [0.1, 0.15) is 31.2 Å². The first-order chi connectivity index (χ1) is 16.3. The van der Waals surface area contributed by atoms with Crippen molar-refractivity contribution in [2.45, 2.75) is 26.0 Å². The molecular weight excluding hydrogens is 438 g/mol. The maximum absolute atomic E-state index is 13.2. The number of amides is 1. The Hall–Kier alpha value is -4.20. The Balaban J connectivity index is 1.85. The molecular formula is C26H25NO7. The standard InChI is InChI=1S/C26H25NO7/c1-15(2)34-17-9-7-16(8-10-17)27-23(20-6-5-13-33-20)22(25(29)26(27)30)24(28)19-12-11-18(31-3)14-21(19)32-4/h5-15,23,28H,1-4H3/b24-22-. The van der Waals surface area contributed by atoms with Crippen LogP contribution < -0.4 is 19.1 Å². The van der Waals surface area contributed by atoms with Crippen molar-refractivity contribution in [3.8, 4) is 17.2 Å². The number of anilines is 1. The van der Waals surface area contributed by atoms with Gasteiger partial charge < -0.3 is 23.7 Å². The number of rotatable bonds is 7. The van der Waals surface area contributed by atoms with E-state index in [0.29, 0.717) is 22.9 Å². The lowest BCUT2D eigenvalue weighted by Crippen LogP contribution is -2.29. The summed E-state index contributed by atoms with van der Waals surface area (Å²) < 4.78 is 21.9. The summed E-state index contributed by atoms with van der Waals surface area (Å²) in [5.74, 6) is -0.228. The maximum Gasteiger partial charge on any atom is 0.300 e. The van der Waals surface area contributed by atoms with Crippen LogP contribution in [0.2, 0.25) is 0 Å². The van der Waals surface area contributed by atoms with Crippen LogP contribution in [0.25, 0.3) is 5.76 Å². The lowest BCUT2D eigenvalue weighted by molar-refractivity contribution is -0.132. The molecule has 0 aliphatic carbocycles. The van der Waals surface area contributed by atoms with Crippen molar-refractivity contribution < 1.29 is 33.3 Å². The smallest absolute Gasteiger partial charge is 0.300 e. The van der Waals surface area contributed by atoms with E-state index in [1.807, 2.05) is 13.8 Å². The maximum atomic E-state index is 13.2. The van der Waals surface area contributed by atoms with Crippen molar-refractivity contribution in [3.05, 3.63) is 77.8 Å². The largest absolute Gasteiger partial charge is 0.507 e. The molecule has 1 amide bonds. The Bertz CT molecular complexity index is 1230. The van der Waals surface area contributed by atoms with Gasteiger partial charge >= 0.3 is 0 Å². The third kappa shape index (κ3) is 4.10. The number of aliphatic hydroxyl groups is 1. The molecule has 1 unspecified atom stereocenters. The number of benzene rings is 2. The van der Waals surface area contributed by atoms with Crippen molar-refractivity contribution in [2.24, 2.45) is 0 Å². The molecule has 1 atom stereocenters. The molecule has 0 radical (unpaired) electrons. The molecule has 0 spiro atoms. The topological polar surface area (TPSA) is 98.4 Å². The SMILES string of the molecule is COc1ccc(/C(O)=C2/C(=O)C(=O)N(c3ccc(OC(C)C)cc3)C2c2ccco2)c(OC)c1. The molecule has 1 saturated heterocycles. The van der Waals surface area contributed by atoms with Crippen LogP contribution in [0.3, 0.4) is 0 Å². The molecule has 1 N–H and O–H groups in total. The molecule has 1 aliphatic rings. The fraction of sp³-hybridized carbons (Fsp3) is 0.231. The Kier molecular flexibility index (Phi) is 6.32.